The molecule has 1 saturated carbocycles. The van der Waals surface area contributed by atoms with E-state index in [1.54, 1.807) is 11.0 Å². The number of hydrogen-bond acceptors (Lipinski definition) is 2. The zero-order chi connectivity index (χ0) is 12.9. The lowest BCUT2D eigenvalue weighted by Gasteiger charge is -2.36. The molecule has 1 aliphatic heterocycles. The summed E-state index contributed by atoms with van der Waals surface area (Å²) in [4.78, 5) is 13.7. The molecule has 0 bridgehead atoms. The average Bonchev–Trinajstić information content (AvgIpc) is 3.08. The molecule has 5 heteroatoms. The number of aliphatic hydroxyl groups excluding tert-OH is 1. The molecule has 3 nitrogen and oxygen atoms in total. The normalized spacial score (nSPS) is 26.9. The molecule has 1 aromatic rings. The van der Waals surface area contributed by atoms with Gasteiger partial charge in [0.05, 0.1) is 16.1 Å². The van der Waals surface area contributed by atoms with E-state index in [0.29, 0.717) is 23.1 Å². The van der Waals surface area contributed by atoms with E-state index >= 15 is 0 Å². The van der Waals surface area contributed by atoms with Crippen LogP contribution in [0.5, 0.6) is 0 Å². The topological polar surface area (TPSA) is 40.5 Å². The van der Waals surface area contributed by atoms with Crippen LogP contribution in [0.2, 0.25) is 10.0 Å². The van der Waals surface area contributed by atoms with Crippen LogP contribution in [-0.4, -0.2) is 35.1 Å². The average molecular weight is 286 g/mol. The third-order valence-electron chi connectivity index (χ3n) is 3.65. The van der Waals surface area contributed by atoms with Gasteiger partial charge in [-0.1, -0.05) is 29.3 Å². The lowest BCUT2D eigenvalue weighted by Crippen LogP contribution is -2.54. The van der Waals surface area contributed by atoms with Crippen molar-refractivity contribution in [2.75, 3.05) is 13.1 Å². The third-order valence-corrected chi connectivity index (χ3v) is 4.39. The van der Waals surface area contributed by atoms with Gasteiger partial charge < -0.3 is 10.0 Å². The number of likely N-dealkylation sites (tertiary alicyclic amines) is 1. The van der Waals surface area contributed by atoms with Gasteiger partial charge in [-0.25, -0.2) is 0 Å². The summed E-state index contributed by atoms with van der Waals surface area (Å²) < 4.78 is 0. The Morgan fingerprint density at radius 2 is 2.00 bits per heavy atom. The summed E-state index contributed by atoms with van der Waals surface area (Å²) >= 11 is 11.8. The second-order valence-electron chi connectivity index (χ2n) is 5.02. The maximum absolute atomic E-state index is 12.0. The SMILES string of the molecule is O=C(C1CC1c1ccc(Cl)c(Cl)c1)N1CC(O)C1. The minimum Gasteiger partial charge on any atom is -0.389 e. The van der Waals surface area contributed by atoms with Crippen molar-refractivity contribution in [3.05, 3.63) is 33.8 Å². The summed E-state index contributed by atoms with van der Waals surface area (Å²) in [5, 5.41) is 10.3. The van der Waals surface area contributed by atoms with E-state index in [0.717, 1.165) is 12.0 Å². The monoisotopic (exact) mass is 285 g/mol. The Morgan fingerprint density at radius 3 is 2.61 bits per heavy atom. The molecule has 18 heavy (non-hydrogen) atoms. The smallest absolute Gasteiger partial charge is 0.226 e. The first-order valence-corrected chi connectivity index (χ1v) is 6.73. The first kappa shape index (κ1) is 12.3. The van der Waals surface area contributed by atoms with Crippen LogP contribution >= 0.6 is 23.2 Å². The molecule has 1 amide bonds. The van der Waals surface area contributed by atoms with E-state index in [4.69, 9.17) is 23.2 Å². The van der Waals surface area contributed by atoms with Crippen molar-refractivity contribution in [1.29, 1.82) is 0 Å². The second-order valence-corrected chi connectivity index (χ2v) is 5.83. The molecule has 2 atom stereocenters. The van der Waals surface area contributed by atoms with Crippen LogP contribution in [0.1, 0.15) is 17.9 Å². The number of aliphatic hydroxyl groups is 1. The lowest BCUT2D eigenvalue weighted by molar-refractivity contribution is -0.142. The number of carbonyl (C=O) groups is 1. The van der Waals surface area contributed by atoms with Gasteiger partial charge in [0.1, 0.15) is 0 Å². The molecule has 1 aliphatic carbocycles. The molecule has 3 rings (SSSR count). The Bertz CT molecular complexity index is 500. The molecule has 0 aromatic heterocycles. The van der Waals surface area contributed by atoms with Crippen LogP contribution in [0.3, 0.4) is 0 Å². The number of halogens is 2. The number of benzene rings is 1. The Labute approximate surface area is 115 Å². The van der Waals surface area contributed by atoms with Crippen molar-refractivity contribution in [3.63, 3.8) is 0 Å². The fourth-order valence-electron chi connectivity index (χ4n) is 2.45. The lowest BCUT2D eigenvalue weighted by atomic mass is 10.1. The molecule has 1 saturated heterocycles. The van der Waals surface area contributed by atoms with Crippen molar-refractivity contribution in [3.8, 4) is 0 Å². The first-order chi connectivity index (χ1) is 8.56. The van der Waals surface area contributed by atoms with E-state index in [9.17, 15) is 9.90 Å². The Hall–Kier alpha value is -0.770. The number of rotatable bonds is 2. The van der Waals surface area contributed by atoms with Crippen LogP contribution in [0.15, 0.2) is 18.2 Å². The highest BCUT2D eigenvalue weighted by Crippen LogP contribution is 2.49. The van der Waals surface area contributed by atoms with E-state index in [2.05, 4.69) is 0 Å². The van der Waals surface area contributed by atoms with Gasteiger partial charge >= 0.3 is 0 Å². The zero-order valence-electron chi connectivity index (χ0n) is 9.64. The van der Waals surface area contributed by atoms with Crippen molar-refractivity contribution >= 4 is 29.1 Å². The summed E-state index contributed by atoms with van der Waals surface area (Å²) in [5.41, 5.74) is 1.07. The van der Waals surface area contributed by atoms with Gasteiger partial charge in [-0.05, 0) is 30.0 Å². The quantitative estimate of drug-likeness (QED) is 0.906. The third kappa shape index (κ3) is 2.11. The zero-order valence-corrected chi connectivity index (χ0v) is 11.2. The molecule has 2 fully saturated rings. The van der Waals surface area contributed by atoms with Gasteiger partial charge in [-0.2, -0.15) is 0 Å². The van der Waals surface area contributed by atoms with Crippen molar-refractivity contribution in [2.45, 2.75) is 18.4 Å². The van der Waals surface area contributed by atoms with E-state index in [1.165, 1.54) is 0 Å². The Morgan fingerprint density at radius 1 is 1.28 bits per heavy atom. The minimum absolute atomic E-state index is 0.0507. The number of β-amino-alcohol motifs (C(OH)–C–C–N with tert-alkyl or cyclic N) is 1. The standard InChI is InChI=1S/C13H13Cl2NO2/c14-11-2-1-7(3-12(11)15)9-4-10(9)13(18)16-5-8(17)6-16/h1-3,8-10,17H,4-6H2. The van der Waals surface area contributed by atoms with Crippen LogP contribution in [-0.2, 0) is 4.79 Å². The predicted molar refractivity (Wildman–Crippen MR) is 69.9 cm³/mol. The Balaban J connectivity index is 1.66. The van der Waals surface area contributed by atoms with E-state index in [1.807, 2.05) is 12.1 Å². The molecule has 1 N–H and O–H groups in total. The molecule has 1 heterocycles. The Kier molecular flexibility index (Phi) is 3.00. The van der Waals surface area contributed by atoms with Crippen molar-refractivity contribution in [1.82, 2.24) is 4.90 Å². The fourth-order valence-corrected chi connectivity index (χ4v) is 2.76. The molecule has 2 unspecified atom stereocenters. The summed E-state index contributed by atoms with van der Waals surface area (Å²) in [6, 6.07) is 5.54. The summed E-state index contributed by atoms with van der Waals surface area (Å²) in [6.45, 7) is 0.951. The van der Waals surface area contributed by atoms with E-state index in [-0.39, 0.29) is 23.8 Å². The summed E-state index contributed by atoms with van der Waals surface area (Å²) in [6.07, 6.45) is 0.528. The number of hydrogen-bond donors (Lipinski definition) is 1. The number of amides is 1. The van der Waals surface area contributed by atoms with Gasteiger partial charge in [0.25, 0.3) is 0 Å². The van der Waals surface area contributed by atoms with Gasteiger partial charge in [-0.3, -0.25) is 4.79 Å². The molecule has 1 aromatic carbocycles. The molecule has 0 spiro atoms. The highest BCUT2D eigenvalue weighted by atomic mass is 35.5. The fraction of sp³-hybridized carbons (Fsp3) is 0.462. The second kappa shape index (κ2) is 4.41. The van der Waals surface area contributed by atoms with Crippen molar-refractivity contribution < 1.29 is 9.90 Å². The molecule has 0 radical (unpaired) electrons. The van der Waals surface area contributed by atoms with Crippen LogP contribution in [0.4, 0.5) is 0 Å². The van der Waals surface area contributed by atoms with Gasteiger partial charge in [0, 0.05) is 19.0 Å². The van der Waals surface area contributed by atoms with Gasteiger partial charge in [0.15, 0.2) is 0 Å². The van der Waals surface area contributed by atoms with Crippen LogP contribution in [0.25, 0.3) is 0 Å². The maximum atomic E-state index is 12.0. The highest BCUT2D eigenvalue weighted by Gasteiger charge is 2.47. The van der Waals surface area contributed by atoms with Crippen molar-refractivity contribution in [2.24, 2.45) is 5.92 Å². The number of carbonyl (C=O) groups excluding carboxylic acids is 1. The van der Waals surface area contributed by atoms with Gasteiger partial charge in [0.2, 0.25) is 5.91 Å². The largest absolute Gasteiger partial charge is 0.389 e. The molecular formula is C13H13Cl2NO2. The summed E-state index contributed by atoms with van der Waals surface area (Å²) in [5.74, 6) is 0.455. The van der Waals surface area contributed by atoms with Gasteiger partial charge in [-0.15, -0.1) is 0 Å². The highest BCUT2D eigenvalue weighted by molar-refractivity contribution is 6.42. The maximum Gasteiger partial charge on any atom is 0.226 e. The number of nitrogens with zero attached hydrogens (tertiary/aromatic N) is 1. The predicted octanol–water partition coefficient (Wildman–Crippen LogP) is 2.30. The summed E-state index contributed by atoms with van der Waals surface area (Å²) in [7, 11) is 0. The van der Waals surface area contributed by atoms with Crippen LogP contribution in [0, 0.1) is 5.92 Å². The van der Waals surface area contributed by atoms with Crippen LogP contribution < -0.4 is 0 Å². The molecule has 96 valence electrons. The molecular weight excluding hydrogens is 273 g/mol. The first-order valence-electron chi connectivity index (χ1n) is 5.98. The van der Waals surface area contributed by atoms with E-state index < -0.39 is 0 Å². The minimum atomic E-state index is -0.337. The molecule has 2 aliphatic rings.